The normalized spacial score (nSPS) is 25.7. The molecule has 5 heteroatoms. The number of ether oxygens (including phenoxy) is 1. The summed E-state index contributed by atoms with van der Waals surface area (Å²) in [6, 6.07) is 0.291. The highest BCUT2D eigenvalue weighted by atomic mass is 16.5. The van der Waals surface area contributed by atoms with Crippen molar-refractivity contribution in [2.75, 3.05) is 26.7 Å². The van der Waals surface area contributed by atoms with E-state index in [-0.39, 0.29) is 11.9 Å². The third-order valence-electron chi connectivity index (χ3n) is 4.47. The van der Waals surface area contributed by atoms with Crippen LogP contribution in [0.4, 0.5) is 0 Å². The van der Waals surface area contributed by atoms with Gasteiger partial charge < -0.3 is 10.1 Å². The van der Waals surface area contributed by atoms with Gasteiger partial charge in [0.25, 0.3) is 0 Å². The number of carbonyl (C=O) groups is 2. The Kier molecular flexibility index (Phi) is 7.72. The number of carbonyl (C=O) groups excluding carboxylic acids is 2. The maximum atomic E-state index is 12.1. The van der Waals surface area contributed by atoms with Crippen molar-refractivity contribution in [1.29, 1.82) is 0 Å². The Morgan fingerprint density at radius 3 is 2.67 bits per heavy atom. The Morgan fingerprint density at radius 1 is 1.29 bits per heavy atom. The lowest BCUT2D eigenvalue weighted by atomic mass is 9.78. The van der Waals surface area contributed by atoms with Gasteiger partial charge in [-0.05, 0) is 32.2 Å². The molecule has 1 aliphatic rings. The second-order valence-corrected chi connectivity index (χ2v) is 6.23. The largest absolute Gasteiger partial charge is 0.466 e. The van der Waals surface area contributed by atoms with Crippen molar-refractivity contribution in [2.45, 2.75) is 52.5 Å². The molecule has 0 bridgehead atoms. The molecule has 0 radical (unpaired) electrons. The lowest BCUT2D eigenvalue weighted by molar-refractivity contribution is -0.143. The summed E-state index contributed by atoms with van der Waals surface area (Å²) in [6.45, 7) is 7.55. The van der Waals surface area contributed by atoms with Crippen molar-refractivity contribution in [3.8, 4) is 0 Å². The molecule has 5 nitrogen and oxygen atoms in total. The monoisotopic (exact) mass is 298 g/mol. The number of hydrogen-bond donors (Lipinski definition) is 1. The van der Waals surface area contributed by atoms with E-state index < -0.39 is 0 Å². The second kappa shape index (κ2) is 9.03. The molecule has 0 aromatic rings. The van der Waals surface area contributed by atoms with Crippen LogP contribution in [0.15, 0.2) is 0 Å². The van der Waals surface area contributed by atoms with E-state index in [1.807, 2.05) is 11.9 Å². The van der Waals surface area contributed by atoms with Gasteiger partial charge in [0, 0.05) is 12.6 Å². The van der Waals surface area contributed by atoms with Crippen LogP contribution >= 0.6 is 0 Å². The van der Waals surface area contributed by atoms with Gasteiger partial charge in [-0.25, -0.2) is 0 Å². The maximum Gasteiger partial charge on any atom is 0.307 e. The summed E-state index contributed by atoms with van der Waals surface area (Å²) >= 11 is 0. The molecule has 122 valence electrons. The van der Waals surface area contributed by atoms with Crippen LogP contribution in [0.5, 0.6) is 0 Å². The van der Waals surface area contributed by atoms with Gasteiger partial charge in [0.15, 0.2) is 0 Å². The molecule has 0 heterocycles. The predicted molar refractivity (Wildman–Crippen MR) is 82.9 cm³/mol. The zero-order valence-electron chi connectivity index (χ0n) is 13.9. The van der Waals surface area contributed by atoms with Crippen LogP contribution in [0, 0.1) is 11.8 Å². The average Bonchev–Trinajstić information content (AvgIpc) is 2.42. The van der Waals surface area contributed by atoms with Crippen molar-refractivity contribution >= 4 is 11.9 Å². The van der Waals surface area contributed by atoms with E-state index in [4.69, 9.17) is 4.74 Å². The zero-order chi connectivity index (χ0) is 15.8. The first-order valence-electron chi connectivity index (χ1n) is 8.07. The summed E-state index contributed by atoms with van der Waals surface area (Å²) in [6.07, 6.45) is 3.85. The molecule has 0 aromatic carbocycles. The molecule has 21 heavy (non-hydrogen) atoms. The van der Waals surface area contributed by atoms with Crippen LogP contribution in [0.1, 0.15) is 46.5 Å². The summed E-state index contributed by atoms with van der Waals surface area (Å²) < 4.78 is 4.88. The average molecular weight is 298 g/mol. The molecule has 0 spiro atoms. The molecule has 0 saturated heterocycles. The Hall–Kier alpha value is -1.10. The molecular formula is C16H30N2O3. The first-order valence-corrected chi connectivity index (χ1v) is 8.07. The van der Waals surface area contributed by atoms with E-state index in [9.17, 15) is 9.59 Å². The Morgan fingerprint density at radius 2 is 2.00 bits per heavy atom. The van der Waals surface area contributed by atoms with Gasteiger partial charge in [0.05, 0.1) is 19.6 Å². The van der Waals surface area contributed by atoms with Crippen LogP contribution in [0.3, 0.4) is 0 Å². The highest BCUT2D eigenvalue weighted by molar-refractivity contribution is 5.78. The van der Waals surface area contributed by atoms with Gasteiger partial charge in [-0.1, -0.05) is 26.7 Å². The van der Waals surface area contributed by atoms with E-state index in [2.05, 4.69) is 19.2 Å². The van der Waals surface area contributed by atoms with E-state index in [0.717, 1.165) is 6.42 Å². The lowest BCUT2D eigenvalue weighted by Crippen LogP contribution is -2.47. The zero-order valence-corrected chi connectivity index (χ0v) is 13.9. The molecule has 1 fully saturated rings. The molecule has 1 aliphatic carbocycles. The minimum absolute atomic E-state index is 0.0484. The van der Waals surface area contributed by atoms with Gasteiger partial charge in [0.2, 0.25) is 5.91 Å². The van der Waals surface area contributed by atoms with E-state index in [1.165, 1.54) is 12.8 Å². The quantitative estimate of drug-likeness (QED) is 0.728. The van der Waals surface area contributed by atoms with Crippen LogP contribution in [-0.2, 0) is 14.3 Å². The molecule has 3 unspecified atom stereocenters. The van der Waals surface area contributed by atoms with Crippen molar-refractivity contribution in [2.24, 2.45) is 11.8 Å². The maximum absolute atomic E-state index is 12.1. The second-order valence-electron chi connectivity index (χ2n) is 6.23. The molecule has 0 aromatic heterocycles. The van der Waals surface area contributed by atoms with Gasteiger partial charge >= 0.3 is 5.97 Å². The molecule has 0 aliphatic heterocycles. The molecule has 3 atom stereocenters. The van der Waals surface area contributed by atoms with Crippen molar-refractivity contribution in [3.05, 3.63) is 0 Å². The number of amides is 1. The summed E-state index contributed by atoms with van der Waals surface area (Å²) in [7, 11) is 1.85. The predicted octanol–water partition coefficient (Wildman–Crippen LogP) is 1.81. The topological polar surface area (TPSA) is 58.6 Å². The number of likely N-dealkylation sites (N-methyl/N-ethyl adjacent to an activating group) is 1. The lowest BCUT2D eigenvalue weighted by Gasteiger charge is -2.35. The first-order chi connectivity index (χ1) is 9.93. The number of nitrogens with one attached hydrogen (secondary N) is 1. The molecule has 1 saturated carbocycles. The highest BCUT2D eigenvalue weighted by Crippen LogP contribution is 2.29. The minimum atomic E-state index is -0.209. The van der Waals surface area contributed by atoms with Crippen LogP contribution in [0.2, 0.25) is 0 Å². The Bertz CT molecular complexity index is 346. The van der Waals surface area contributed by atoms with Crippen LogP contribution in [0.25, 0.3) is 0 Å². The number of rotatable bonds is 7. The third kappa shape index (κ3) is 6.46. The molecule has 1 amide bonds. The van der Waals surface area contributed by atoms with E-state index in [1.54, 1.807) is 6.92 Å². The number of esters is 1. The van der Waals surface area contributed by atoms with Gasteiger partial charge in [-0.2, -0.15) is 0 Å². The van der Waals surface area contributed by atoms with Crippen molar-refractivity contribution < 1.29 is 14.3 Å². The Labute approximate surface area is 128 Å². The number of hydrogen-bond acceptors (Lipinski definition) is 4. The fourth-order valence-corrected chi connectivity index (χ4v) is 2.88. The summed E-state index contributed by atoms with van der Waals surface area (Å²) in [5.41, 5.74) is 0. The fraction of sp³-hybridized carbons (Fsp3) is 0.875. The summed E-state index contributed by atoms with van der Waals surface area (Å²) in [5, 5.41) is 3.15. The van der Waals surface area contributed by atoms with Gasteiger partial charge in [0.1, 0.15) is 0 Å². The van der Waals surface area contributed by atoms with E-state index >= 15 is 0 Å². The summed E-state index contributed by atoms with van der Waals surface area (Å²) in [4.78, 5) is 25.2. The van der Waals surface area contributed by atoms with Crippen molar-refractivity contribution in [1.82, 2.24) is 10.2 Å². The van der Waals surface area contributed by atoms with Gasteiger partial charge in [-0.15, -0.1) is 0 Å². The van der Waals surface area contributed by atoms with Crippen molar-refractivity contribution in [3.63, 3.8) is 0 Å². The smallest absolute Gasteiger partial charge is 0.307 e. The fourth-order valence-electron chi connectivity index (χ4n) is 2.88. The van der Waals surface area contributed by atoms with E-state index in [0.29, 0.717) is 44.0 Å². The molecule has 1 rings (SSSR count). The molecule has 1 N–H and O–H groups in total. The Balaban J connectivity index is 2.27. The SMILES string of the molecule is CCOC(=O)CCN(C)CC(=O)NC1CCCC(C)C1C. The summed E-state index contributed by atoms with van der Waals surface area (Å²) in [5.74, 6) is 1.05. The van der Waals surface area contributed by atoms with Crippen LogP contribution < -0.4 is 5.32 Å². The highest BCUT2D eigenvalue weighted by Gasteiger charge is 2.28. The minimum Gasteiger partial charge on any atom is -0.466 e. The molecular weight excluding hydrogens is 268 g/mol. The standard InChI is InChI=1S/C16H30N2O3/c1-5-21-16(20)9-10-18(4)11-15(19)17-14-8-6-7-12(2)13(14)3/h12-14H,5-11H2,1-4H3,(H,17,19). The van der Waals surface area contributed by atoms with Crippen LogP contribution in [-0.4, -0.2) is 49.6 Å². The number of nitrogens with zero attached hydrogens (tertiary/aromatic N) is 1. The van der Waals surface area contributed by atoms with Gasteiger partial charge in [-0.3, -0.25) is 14.5 Å². The third-order valence-corrected chi connectivity index (χ3v) is 4.47. The first kappa shape index (κ1) is 18.0.